The van der Waals surface area contributed by atoms with Gasteiger partial charge >= 0.3 is 0 Å². The van der Waals surface area contributed by atoms with Crippen molar-refractivity contribution in [1.82, 2.24) is 4.90 Å². The molecule has 162 valence electrons. The Hall–Kier alpha value is -3.22. The highest BCUT2D eigenvalue weighted by Gasteiger charge is 2.44. The van der Waals surface area contributed by atoms with E-state index < -0.39 is 5.60 Å². The van der Waals surface area contributed by atoms with Crippen molar-refractivity contribution in [3.05, 3.63) is 47.5 Å². The second kappa shape index (κ2) is 7.80. The van der Waals surface area contributed by atoms with Gasteiger partial charge in [0, 0.05) is 37.6 Å². The molecule has 7 nitrogen and oxygen atoms in total. The lowest BCUT2D eigenvalue weighted by molar-refractivity contribution is -0.00584. The van der Waals surface area contributed by atoms with Crippen molar-refractivity contribution in [2.75, 3.05) is 32.9 Å². The number of hydrogen-bond donors (Lipinski definition) is 0. The Balaban J connectivity index is 1.29. The molecule has 0 radical (unpaired) electrons. The molecular formula is C24H25NO6. The number of likely N-dealkylation sites (tertiary alicyclic amines) is 1. The molecule has 31 heavy (non-hydrogen) atoms. The molecule has 5 rings (SSSR count). The van der Waals surface area contributed by atoms with E-state index >= 15 is 0 Å². The molecule has 3 heterocycles. The van der Waals surface area contributed by atoms with Crippen molar-refractivity contribution in [2.24, 2.45) is 0 Å². The van der Waals surface area contributed by atoms with Gasteiger partial charge in [0.15, 0.2) is 17.3 Å². The van der Waals surface area contributed by atoms with Gasteiger partial charge in [-0.3, -0.25) is 9.59 Å². The number of Topliss-reactive ketones (excluding diaryl/α,β-unsaturated/α-hetero) is 1. The summed E-state index contributed by atoms with van der Waals surface area (Å²) in [6.07, 6.45) is 1.54. The van der Waals surface area contributed by atoms with E-state index in [1.165, 1.54) is 0 Å². The van der Waals surface area contributed by atoms with Crippen molar-refractivity contribution in [3.63, 3.8) is 0 Å². The molecule has 2 aromatic carbocycles. The predicted octanol–water partition coefficient (Wildman–Crippen LogP) is 3.50. The summed E-state index contributed by atoms with van der Waals surface area (Å²) in [5, 5.41) is 0. The third-order valence-corrected chi connectivity index (χ3v) is 6.12. The summed E-state index contributed by atoms with van der Waals surface area (Å²) in [4.78, 5) is 27.6. The minimum atomic E-state index is -0.571. The first-order chi connectivity index (χ1) is 15.1. The quantitative estimate of drug-likeness (QED) is 0.752. The predicted molar refractivity (Wildman–Crippen MR) is 112 cm³/mol. The number of hydrogen-bond acceptors (Lipinski definition) is 6. The van der Waals surface area contributed by atoms with E-state index in [1.54, 1.807) is 36.4 Å². The SMILES string of the molecule is CCOc1ccc2c(c1)OC1(CCN(C(=O)c3ccc4c(c3)OCCO4)CC1)CC2=O. The normalized spacial score (nSPS) is 18.9. The average Bonchev–Trinajstić information content (AvgIpc) is 2.79. The number of benzene rings is 2. The Morgan fingerprint density at radius 3 is 2.58 bits per heavy atom. The second-order valence-corrected chi connectivity index (χ2v) is 8.13. The summed E-state index contributed by atoms with van der Waals surface area (Å²) < 4.78 is 23.0. The van der Waals surface area contributed by atoms with Gasteiger partial charge in [0.25, 0.3) is 5.91 Å². The first-order valence-corrected chi connectivity index (χ1v) is 10.7. The van der Waals surface area contributed by atoms with Crippen molar-refractivity contribution in [1.29, 1.82) is 0 Å². The number of carbonyl (C=O) groups excluding carboxylic acids is 2. The maximum absolute atomic E-state index is 13.0. The number of carbonyl (C=O) groups is 2. The van der Waals surface area contributed by atoms with Crippen molar-refractivity contribution >= 4 is 11.7 Å². The molecule has 3 aliphatic rings. The van der Waals surface area contributed by atoms with Gasteiger partial charge in [-0.1, -0.05) is 0 Å². The first-order valence-electron chi connectivity index (χ1n) is 10.7. The third-order valence-electron chi connectivity index (χ3n) is 6.12. The summed E-state index contributed by atoms with van der Waals surface area (Å²) >= 11 is 0. The highest BCUT2D eigenvalue weighted by Crippen LogP contribution is 2.41. The van der Waals surface area contributed by atoms with E-state index in [4.69, 9.17) is 18.9 Å². The van der Waals surface area contributed by atoms with E-state index in [2.05, 4.69) is 0 Å². The van der Waals surface area contributed by atoms with Crippen LogP contribution in [0.15, 0.2) is 36.4 Å². The highest BCUT2D eigenvalue weighted by atomic mass is 16.6. The van der Waals surface area contributed by atoms with Crippen LogP contribution >= 0.6 is 0 Å². The lowest BCUT2D eigenvalue weighted by Gasteiger charge is -2.44. The number of amides is 1. The van der Waals surface area contributed by atoms with Gasteiger partial charge in [0.2, 0.25) is 0 Å². The summed E-state index contributed by atoms with van der Waals surface area (Å²) in [5.41, 5.74) is 0.606. The molecule has 7 heteroatoms. The number of piperidine rings is 1. The van der Waals surface area contributed by atoms with Crippen LogP contribution in [0.2, 0.25) is 0 Å². The molecule has 0 aromatic heterocycles. The molecule has 0 aliphatic carbocycles. The van der Waals surface area contributed by atoms with Crippen LogP contribution in [0.25, 0.3) is 0 Å². The number of ketones is 1. The van der Waals surface area contributed by atoms with E-state index in [0.717, 1.165) is 0 Å². The molecule has 2 aromatic rings. The Morgan fingerprint density at radius 2 is 1.81 bits per heavy atom. The summed E-state index contributed by atoms with van der Waals surface area (Å²) in [7, 11) is 0. The van der Waals surface area contributed by atoms with Gasteiger partial charge in [0.05, 0.1) is 18.6 Å². The molecule has 0 atom stereocenters. The van der Waals surface area contributed by atoms with Crippen molar-refractivity contribution in [2.45, 2.75) is 31.8 Å². The zero-order chi connectivity index (χ0) is 21.4. The van der Waals surface area contributed by atoms with Crippen LogP contribution in [0, 0.1) is 0 Å². The molecule has 1 amide bonds. The molecule has 0 unspecified atom stereocenters. The molecular weight excluding hydrogens is 398 g/mol. The standard InChI is InChI=1S/C24H25NO6/c1-2-28-17-4-5-18-19(26)15-24(31-21(18)14-17)7-9-25(10-8-24)23(27)16-3-6-20-22(13-16)30-12-11-29-20/h3-6,13-14H,2,7-12,15H2,1H3. The van der Waals surface area contributed by atoms with Crippen LogP contribution in [-0.4, -0.2) is 55.1 Å². The minimum absolute atomic E-state index is 0.0482. The van der Waals surface area contributed by atoms with Gasteiger partial charge < -0.3 is 23.8 Å². The van der Waals surface area contributed by atoms with Crippen LogP contribution in [0.3, 0.4) is 0 Å². The van der Waals surface area contributed by atoms with Crippen LogP contribution in [0.4, 0.5) is 0 Å². The topological polar surface area (TPSA) is 74.3 Å². The number of fused-ring (bicyclic) bond motifs is 2. The molecule has 1 spiro atoms. The smallest absolute Gasteiger partial charge is 0.253 e. The molecule has 0 saturated carbocycles. The molecule has 0 N–H and O–H groups in total. The van der Waals surface area contributed by atoms with Crippen LogP contribution in [0.5, 0.6) is 23.0 Å². The van der Waals surface area contributed by atoms with Gasteiger partial charge in [-0.15, -0.1) is 0 Å². The maximum Gasteiger partial charge on any atom is 0.253 e. The van der Waals surface area contributed by atoms with Crippen molar-refractivity contribution in [3.8, 4) is 23.0 Å². The van der Waals surface area contributed by atoms with E-state index in [1.807, 2.05) is 11.8 Å². The number of rotatable bonds is 3. The fourth-order valence-electron chi connectivity index (χ4n) is 4.49. The zero-order valence-corrected chi connectivity index (χ0v) is 17.5. The molecule has 1 fully saturated rings. The lowest BCUT2D eigenvalue weighted by Crippen LogP contribution is -2.52. The first kappa shape index (κ1) is 19.7. The Morgan fingerprint density at radius 1 is 1.03 bits per heavy atom. The summed E-state index contributed by atoms with van der Waals surface area (Å²) in [5.74, 6) is 2.57. The van der Waals surface area contributed by atoms with Crippen molar-refractivity contribution < 1.29 is 28.5 Å². The summed E-state index contributed by atoms with van der Waals surface area (Å²) in [6, 6.07) is 10.7. The largest absolute Gasteiger partial charge is 0.494 e. The van der Waals surface area contributed by atoms with Gasteiger partial charge in [-0.2, -0.15) is 0 Å². The Labute approximate surface area is 180 Å². The monoisotopic (exact) mass is 423 g/mol. The molecule has 0 bridgehead atoms. The van der Waals surface area contributed by atoms with E-state index in [9.17, 15) is 9.59 Å². The van der Waals surface area contributed by atoms with E-state index in [0.29, 0.717) is 86.3 Å². The Bertz CT molecular complexity index is 1020. The van der Waals surface area contributed by atoms with E-state index in [-0.39, 0.29) is 11.7 Å². The van der Waals surface area contributed by atoms with Gasteiger partial charge in [-0.25, -0.2) is 0 Å². The highest BCUT2D eigenvalue weighted by molar-refractivity contribution is 6.00. The number of nitrogens with zero attached hydrogens (tertiary/aromatic N) is 1. The molecule has 1 saturated heterocycles. The molecule has 3 aliphatic heterocycles. The zero-order valence-electron chi connectivity index (χ0n) is 17.5. The van der Waals surface area contributed by atoms with Crippen LogP contribution in [0.1, 0.15) is 46.9 Å². The second-order valence-electron chi connectivity index (χ2n) is 8.13. The lowest BCUT2D eigenvalue weighted by atomic mass is 9.82. The van der Waals surface area contributed by atoms with Gasteiger partial charge in [-0.05, 0) is 37.3 Å². The maximum atomic E-state index is 13.0. The Kier molecular flexibility index (Phi) is 4.96. The fraction of sp³-hybridized carbons (Fsp3) is 0.417. The summed E-state index contributed by atoms with van der Waals surface area (Å²) in [6.45, 7) is 4.52. The fourth-order valence-corrected chi connectivity index (χ4v) is 4.49. The number of ether oxygens (including phenoxy) is 4. The third kappa shape index (κ3) is 3.69. The average molecular weight is 423 g/mol. The van der Waals surface area contributed by atoms with Crippen LogP contribution < -0.4 is 18.9 Å². The van der Waals surface area contributed by atoms with Crippen LogP contribution in [-0.2, 0) is 0 Å². The van der Waals surface area contributed by atoms with Gasteiger partial charge in [0.1, 0.15) is 30.3 Å². The minimum Gasteiger partial charge on any atom is -0.494 e.